The van der Waals surface area contributed by atoms with Crippen molar-refractivity contribution in [1.29, 1.82) is 0 Å². The molecule has 26 heavy (non-hydrogen) atoms. The maximum absolute atomic E-state index is 12.8. The summed E-state index contributed by atoms with van der Waals surface area (Å²) in [6, 6.07) is 9.73. The molecule has 3 rings (SSSR count). The second kappa shape index (κ2) is 7.89. The van der Waals surface area contributed by atoms with E-state index in [0.29, 0.717) is 25.9 Å². The molecule has 0 aromatic heterocycles. The van der Waals surface area contributed by atoms with E-state index in [2.05, 4.69) is 5.32 Å². The predicted molar refractivity (Wildman–Crippen MR) is 95.9 cm³/mol. The van der Waals surface area contributed by atoms with Gasteiger partial charge in [-0.25, -0.2) is 4.79 Å². The summed E-state index contributed by atoms with van der Waals surface area (Å²) >= 11 is 0. The smallest absolute Gasteiger partial charge is 0.331 e. The lowest BCUT2D eigenvalue weighted by Crippen LogP contribution is -2.57. The Bertz CT molecular complexity index is 668. The normalized spacial score (nSPS) is 22.1. The molecule has 140 valence electrons. The topological polar surface area (TPSA) is 75.7 Å². The minimum absolute atomic E-state index is 0.0234. The number of benzene rings is 1. The Morgan fingerprint density at radius 1 is 1.19 bits per heavy atom. The van der Waals surface area contributed by atoms with E-state index in [4.69, 9.17) is 4.74 Å². The molecule has 2 fully saturated rings. The van der Waals surface area contributed by atoms with Crippen LogP contribution in [0.5, 0.6) is 0 Å². The number of methoxy groups -OCH3 is 1. The van der Waals surface area contributed by atoms with Gasteiger partial charge in [-0.15, -0.1) is 0 Å². The largest absolute Gasteiger partial charge is 0.467 e. The van der Waals surface area contributed by atoms with Crippen molar-refractivity contribution < 1.29 is 19.1 Å². The zero-order chi connectivity index (χ0) is 18.6. The molecule has 1 aliphatic carbocycles. The SMILES string of the molecule is COC(=O)C1(NC(=O)[C@@H]2CC(=O)N(Cc3ccccc3)C2)CCCCC1. The van der Waals surface area contributed by atoms with Crippen molar-refractivity contribution >= 4 is 17.8 Å². The third kappa shape index (κ3) is 3.89. The Morgan fingerprint density at radius 2 is 1.88 bits per heavy atom. The zero-order valence-corrected chi connectivity index (χ0v) is 15.2. The summed E-state index contributed by atoms with van der Waals surface area (Å²) < 4.78 is 4.95. The Balaban J connectivity index is 1.64. The van der Waals surface area contributed by atoms with E-state index in [9.17, 15) is 14.4 Å². The summed E-state index contributed by atoms with van der Waals surface area (Å²) in [5, 5.41) is 2.94. The van der Waals surface area contributed by atoms with Crippen LogP contribution >= 0.6 is 0 Å². The highest BCUT2D eigenvalue weighted by atomic mass is 16.5. The molecular weight excluding hydrogens is 332 g/mol. The monoisotopic (exact) mass is 358 g/mol. The number of amides is 2. The number of esters is 1. The Labute approximate surface area is 153 Å². The predicted octanol–water partition coefficient (Wildman–Crippen LogP) is 2.03. The number of hydrogen-bond donors (Lipinski definition) is 1. The van der Waals surface area contributed by atoms with Gasteiger partial charge in [0.05, 0.1) is 13.0 Å². The van der Waals surface area contributed by atoms with Crippen LogP contribution in [-0.4, -0.2) is 41.9 Å². The number of carbonyl (C=O) groups excluding carboxylic acids is 3. The minimum atomic E-state index is -0.931. The Hall–Kier alpha value is -2.37. The molecule has 1 heterocycles. The van der Waals surface area contributed by atoms with Crippen LogP contribution in [-0.2, 0) is 25.7 Å². The molecule has 1 aromatic carbocycles. The van der Waals surface area contributed by atoms with E-state index < -0.39 is 11.5 Å². The van der Waals surface area contributed by atoms with E-state index in [1.807, 2.05) is 30.3 Å². The summed E-state index contributed by atoms with van der Waals surface area (Å²) in [5.41, 5.74) is 0.111. The van der Waals surface area contributed by atoms with Gasteiger partial charge >= 0.3 is 5.97 Å². The summed E-state index contributed by atoms with van der Waals surface area (Å²) in [5.74, 6) is -1.04. The van der Waals surface area contributed by atoms with Crippen molar-refractivity contribution in [1.82, 2.24) is 10.2 Å². The fourth-order valence-electron chi connectivity index (χ4n) is 3.97. The van der Waals surface area contributed by atoms with Gasteiger partial charge in [0.2, 0.25) is 11.8 Å². The van der Waals surface area contributed by atoms with Gasteiger partial charge < -0.3 is 15.0 Å². The molecule has 0 bridgehead atoms. The number of nitrogens with one attached hydrogen (secondary N) is 1. The van der Waals surface area contributed by atoms with Crippen LogP contribution in [0.4, 0.5) is 0 Å². The summed E-state index contributed by atoms with van der Waals surface area (Å²) in [6.07, 6.45) is 4.22. The van der Waals surface area contributed by atoms with E-state index >= 15 is 0 Å². The van der Waals surface area contributed by atoms with Crippen molar-refractivity contribution in [2.24, 2.45) is 5.92 Å². The fraction of sp³-hybridized carbons (Fsp3) is 0.550. The van der Waals surface area contributed by atoms with Gasteiger partial charge in [-0.2, -0.15) is 0 Å². The van der Waals surface area contributed by atoms with Crippen LogP contribution in [0.25, 0.3) is 0 Å². The molecule has 1 saturated heterocycles. The van der Waals surface area contributed by atoms with Gasteiger partial charge in [0.1, 0.15) is 5.54 Å². The highest BCUT2D eigenvalue weighted by Crippen LogP contribution is 2.30. The molecule has 1 saturated carbocycles. The molecule has 0 radical (unpaired) electrons. The minimum Gasteiger partial charge on any atom is -0.467 e. The van der Waals surface area contributed by atoms with E-state index in [1.54, 1.807) is 4.90 Å². The third-order valence-corrected chi connectivity index (χ3v) is 5.45. The molecule has 2 aliphatic rings. The molecule has 1 atom stereocenters. The van der Waals surface area contributed by atoms with Gasteiger partial charge in [0.25, 0.3) is 0 Å². The van der Waals surface area contributed by atoms with Crippen LogP contribution in [0, 0.1) is 5.92 Å². The molecule has 1 N–H and O–H groups in total. The first-order chi connectivity index (χ1) is 12.5. The van der Waals surface area contributed by atoms with E-state index in [0.717, 1.165) is 24.8 Å². The van der Waals surface area contributed by atoms with Gasteiger partial charge in [-0.1, -0.05) is 49.6 Å². The quantitative estimate of drug-likeness (QED) is 0.817. The molecule has 0 spiro atoms. The van der Waals surface area contributed by atoms with Gasteiger partial charge in [-0.05, 0) is 18.4 Å². The Kier molecular flexibility index (Phi) is 5.59. The van der Waals surface area contributed by atoms with Crippen molar-refractivity contribution in [3.05, 3.63) is 35.9 Å². The number of hydrogen-bond acceptors (Lipinski definition) is 4. The molecule has 2 amide bonds. The molecule has 1 aromatic rings. The molecule has 1 aliphatic heterocycles. The highest BCUT2D eigenvalue weighted by molar-refractivity contribution is 5.93. The van der Waals surface area contributed by atoms with Gasteiger partial charge in [0.15, 0.2) is 0 Å². The lowest BCUT2D eigenvalue weighted by atomic mass is 9.81. The number of likely N-dealkylation sites (tertiary alicyclic amines) is 1. The maximum atomic E-state index is 12.8. The summed E-state index contributed by atoms with van der Waals surface area (Å²) in [7, 11) is 1.35. The lowest BCUT2D eigenvalue weighted by Gasteiger charge is -2.35. The second-order valence-electron chi connectivity index (χ2n) is 7.28. The van der Waals surface area contributed by atoms with Crippen molar-refractivity contribution in [3.63, 3.8) is 0 Å². The third-order valence-electron chi connectivity index (χ3n) is 5.45. The summed E-state index contributed by atoms with van der Waals surface area (Å²) in [6.45, 7) is 0.891. The molecule has 6 nitrogen and oxygen atoms in total. The van der Waals surface area contributed by atoms with Crippen LogP contribution in [0.2, 0.25) is 0 Å². The number of carbonyl (C=O) groups is 3. The zero-order valence-electron chi connectivity index (χ0n) is 15.2. The molecule has 0 unspecified atom stereocenters. The molecule has 6 heteroatoms. The summed E-state index contributed by atoms with van der Waals surface area (Å²) in [4.78, 5) is 39.1. The standard InChI is InChI=1S/C20H26N2O4/c1-26-19(25)20(10-6-3-7-11-20)21-18(24)16-12-17(23)22(14-16)13-15-8-4-2-5-9-15/h2,4-5,8-9,16H,3,6-7,10-14H2,1H3,(H,21,24)/t16-/m1/s1. The van der Waals surface area contributed by atoms with E-state index in [1.165, 1.54) is 7.11 Å². The fourth-order valence-corrected chi connectivity index (χ4v) is 3.97. The maximum Gasteiger partial charge on any atom is 0.331 e. The first-order valence-electron chi connectivity index (χ1n) is 9.26. The number of nitrogens with zero attached hydrogens (tertiary/aromatic N) is 1. The van der Waals surface area contributed by atoms with Crippen molar-refractivity contribution in [2.45, 2.75) is 50.6 Å². The second-order valence-corrected chi connectivity index (χ2v) is 7.28. The van der Waals surface area contributed by atoms with E-state index in [-0.39, 0.29) is 24.2 Å². The van der Waals surface area contributed by atoms with Crippen LogP contribution < -0.4 is 5.32 Å². The lowest BCUT2D eigenvalue weighted by molar-refractivity contribution is -0.153. The first-order valence-corrected chi connectivity index (χ1v) is 9.26. The van der Waals surface area contributed by atoms with Crippen LogP contribution in [0.1, 0.15) is 44.1 Å². The number of ether oxygens (including phenoxy) is 1. The van der Waals surface area contributed by atoms with Crippen LogP contribution in [0.3, 0.4) is 0 Å². The van der Waals surface area contributed by atoms with Crippen molar-refractivity contribution in [2.75, 3.05) is 13.7 Å². The highest BCUT2D eigenvalue weighted by Gasteiger charge is 2.44. The van der Waals surface area contributed by atoms with Crippen LogP contribution in [0.15, 0.2) is 30.3 Å². The first kappa shape index (κ1) is 18.4. The molecular formula is C20H26N2O4. The van der Waals surface area contributed by atoms with Gasteiger partial charge in [-0.3, -0.25) is 9.59 Å². The average Bonchev–Trinajstić information content (AvgIpc) is 3.03. The van der Waals surface area contributed by atoms with Crippen molar-refractivity contribution in [3.8, 4) is 0 Å². The number of rotatable bonds is 5. The Morgan fingerprint density at radius 3 is 2.54 bits per heavy atom. The average molecular weight is 358 g/mol. The van der Waals surface area contributed by atoms with Gasteiger partial charge in [0, 0.05) is 19.5 Å².